The van der Waals surface area contributed by atoms with Crippen LogP contribution < -0.4 is 0 Å². The predicted octanol–water partition coefficient (Wildman–Crippen LogP) is 6.12. The lowest BCUT2D eigenvalue weighted by Gasteiger charge is -2.47. The number of amides is 1. The van der Waals surface area contributed by atoms with Gasteiger partial charge in [-0.1, -0.05) is 45.4 Å². The van der Waals surface area contributed by atoms with Crippen molar-refractivity contribution in [2.75, 3.05) is 20.8 Å². The number of hydrogen-bond donors (Lipinski definition) is 3. The van der Waals surface area contributed by atoms with E-state index in [0.29, 0.717) is 38.5 Å². The number of hydrogen-bond acceptors (Lipinski definition) is 12. The summed E-state index contributed by atoms with van der Waals surface area (Å²) in [5, 5.41) is 43.4. The fraction of sp³-hybridized carbons (Fsp3) is 0.800. The van der Waals surface area contributed by atoms with Crippen LogP contribution in [0.5, 0.6) is 0 Å². The number of fused-ring (bicyclic) bond motifs is 3. The monoisotopic (exact) mass is 816 g/mol. The molecule has 3 fully saturated rings. The largest absolute Gasteiger partial charge is 0.456 e. The topological polar surface area (TPSA) is 177 Å². The Hall–Kier alpha value is -2.81. The van der Waals surface area contributed by atoms with Crippen LogP contribution in [0.2, 0.25) is 0 Å². The van der Waals surface area contributed by atoms with Crippen LogP contribution in [-0.2, 0) is 33.3 Å². The molecule has 2 saturated heterocycles. The first-order valence-electron chi connectivity index (χ1n) is 21.7. The number of cyclic esters (lactones) is 1. The smallest absolute Gasteiger partial charge is 0.329 e. The van der Waals surface area contributed by atoms with Crippen molar-refractivity contribution in [2.45, 2.75) is 181 Å². The molecule has 0 spiro atoms. The highest BCUT2D eigenvalue weighted by Gasteiger charge is 2.56. The molecule has 1 amide bonds. The fourth-order valence-corrected chi connectivity index (χ4v) is 9.41. The summed E-state index contributed by atoms with van der Waals surface area (Å²) >= 11 is 0. The van der Waals surface area contributed by atoms with Gasteiger partial charge in [-0.15, -0.1) is 0 Å². The van der Waals surface area contributed by atoms with Crippen molar-refractivity contribution >= 4 is 29.1 Å². The number of methoxy groups -OCH3 is 2. The zero-order valence-corrected chi connectivity index (χ0v) is 36.8. The molecule has 11 atom stereocenters. The van der Waals surface area contributed by atoms with Gasteiger partial charge in [-0.05, 0) is 116 Å². The maximum absolute atomic E-state index is 14.4. The van der Waals surface area contributed by atoms with Gasteiger partial charge >= 0.3 is 5.97 Å². The number of piperidine rings is 1. The molecule has 3 aliphatic heterocycles. The van der Waals surface area contributed by atoms with Crippen molar-refractivity contribution < 1.29 is 48.7 Å². The molecule has 13 heteroatoms. The molecule has 0 unspecified atom stereocenters. The molecule has 4 aliphatic rings. The summed E-state index contributed by atoms with van der Waals surface area (Å²) in [7, 11) is 3.12. The molecule has 1 aliphatic carbocycles. The Morgan fingerprint density at radius 1 is 0.966 bits per heavy atom. The molecule has 13 nitrogen and oxygen atoms in total. The Balaban J connectivity index is 1.83. The third-order valence-corrected chi connectivity index (χ3v) is 12.9. The van der Waals surface area contributed by atoms with E-state index in [-0.39, 0.29) is 49.7 Å². The molecule has 0 aromatic heterocycles. The van der Waals surface area contributed by atoms with Crippen LogP contribution in [0, 0.1) is 29.6 Å². The maximum Gasteiger partial charge on any atom is 0.329 e. The van der Waals surface area contributed by atoms with Gasteiger partial charge in [-0.25, -0.2) is 4.79 Å². The van der Waals surface area contributed by atoms with Crippen molar-refractivity contribution in [1.29, 1.82) is 0 Å². The summed E-state index contributed by atoms with van der Waals surface area (Å²) in [4.78, 5) is 44.2. The van der Waals surface area contributed by atoms with E-state index in [0.717, 1.165) is 41.8 Å². The van der Waals surface area contributed by atoms with Gasteiger partial charge in [-0.3, -0.25) is 9.59 Å². The number of nitrogens with zero attached hydrogens (tertiary/aromatic N) is 3. The van der Waals surface area contributed by atoms with Crippen LogP contribution in [0.15, 0.2) is 33.5 Å². The molecular formula is C45H73N3O10. The molecule has 2 bridgehead atoms. The number of aliphatic hydroxyl groups is 3. The van der Waals surface area contributed by atoms with Crippen LogP contribution in [0.1, 0.15) is 132 Å². The van der Waals surface area contributed by atoms with Gasteiger partial charge in [0.15, 0.2) is 0 Å². The molecule has 4 rings (SSSR count). The number of Topliss-reactive ketones (excluding diaryl/α,β-unsaturated/α-hetero) is 1. The Bertz CT molecular complexity index is 1530. The van der Waals surface area contributed by atoms with Crippen LogP contribution in [0.25, 0.3) is 0 Å². The van der Waals surface area contributed by atoms with Gasteiger partial charge in [0, 0.05) is 56.4 Å². The first-order valence-corrected chi connectivity index (χ1v) is 21.7. The highest BCUT2D eigenvalue weighted by molar-refractivity contribution is 6.39. The number of ketones is 1. The van der Waals surface area contributed by atoms with E-state index >= 15 is 0 Å². The summed E-state index contributed by atoms with van der Waals surface area (Å²) in [6.07, 6.45) is 6.93. The van der Waals surface area contributed by atoms with E-state index in [1.165, 1.54) is 4.90 Å². The van der Waals surface area contributed by atoms with Crippen LogP contribution in [-0.4, -0.2) is 119 Å². The van der Waals surface area contributed by atoms with Crippen LogP contribution in [0.3, 0.4) is 0 Å². The summed E-state index contributed by atoms with van der Waals surface area (Å²) in [6, 6.07) is -1.09. The van der Waals surface area contributed by atoms with E-state index in [4.69, 9.17) is 18.9 Å². The van der Waals surface area contributed by atoms with Gasteiger partial charge in [0.1, 0.15) is 18.2 Å². The van der Waals surface area contributed by atoms with Gasteiger partial charge in [0.05, 0.1) is 24.4 Å². The first kappa shape index (κ1) is 47.9. The van der Waals surface area contributed by atoms with Crippen molar-refractivity contribution in [1.82, 2.24) is 4.90 Å². The predicted molar refractivity (Wildman–Crippen MR) is 223 cm³/mol. The normalized spacial score (nSPS) is 39.8. The third-order valence-electron chi connectivity index (χ3n) is 12.9. The number of esters is 1. The van der Waals surface area contributed by atoms with Gasteiger partial charge < -0.3 is 39.2 Å². The molecule has 0 aromatic carbocycles. The summed E-state index contributed by atoms with van der Waals surface area (Å²) in [6.45, 7) is 15.6. The minimum atomic E-state index is -2.48. The third kappa shape index (κ3) is 11.9. The zero-order valence-electron chi connectivity index (χ0n) is 36.8. The molecule has 58 heavy (non-hydrogen) atoms. The lowest BCUT2D eigenvalue weighted by molar-refractivity contribution is -0.302. The number of aliphatic hydroxyl groups excluding tert-OH is 2. The second kappa shape index (κ2) is 21.6. The number of carbonyl (C=O) groups is 3. The molecule has 3 heterocycles. The van der Waals surface area contributed by atoms with Crippen molar-refractivity contribution in [3.05, 3.63) is 23.3 Å². The second-order valence-corrected chi connectivity index (χ2v) is 18.0. The van der Waals surface area contributed by atoms with Crippen molar-refractivity contribution in [2.24, 2.45) is 39.8 Å². The van der Waals surface area contributed by atoms with Crippen LogP contribution in [0.4, 0.5) is 0 Å². The molecular weight excluding hydrogens is 743 g/mol. The maximum atomic E-state index is 14.4. The SMILES string of the molecule is CC[C@@H]1/C=C(\C)C[C@H](C)C[C@H](OC)[C@H]2O[C@@](O)(C(=O)C(=O)N3CCCC[C@H]3C(=O)O[C@H](/C(C)=C/C3CCC(O)CC3)[C@H](C)[C@@H](O)C/C1=N/N=C(C)C)[C@H](C)C[C@@H]2OC. The van der Waals surface area contributed by atoms with Gasteiger partial charge in [-0.2, -0.15) is 10.2 Å². The molecule has 328 valence electrons. The Kier molecular flexibility index (Phi) is 17.8. The number of ether oxygens (including phenoxy) is 4. The highest BCUT2D eigenvalue weighted by atomic mass is 16.7. The average molecular weight is 816 g/mol. The van der Waals surface area contributed by atoms with Crippen LogP contribution >= 0.6 is 0 Å². The summed E-state index contributed by atoms with van der Waals surface area (Å²) in [5.41, 5.74) is 3.39. The Morgan fingerprint density at radius 2 is 1.62 bits per heavy atom. The Morgan fingerprint density at radius 3 is 2.24 bits per heavy atom. The van der Waals surface area contributed by atoms with E-state index in [9.17, 15) is 29.7 Å². The minimum absolute atomic E-state index is 0.0841. The summed E-state index contributed by atoms with van der Waals surface area (Å²) in [5.74, 6) is -6.56. The lowest BCUT2D eigenvalue weighted by atomic mass is 9.82. The van der Waals surface area contributed by atoms with Crippen molar-refractivity contribution in [3.63, 3.8) is 0 Å². The van der Waals surface area contributed by atoms with E-state index < -0.39 is 71.8 Å². The van der Waals surface area contributed by atoms with Gasteiger partial charge in [0.25, 0.3) is 11.7 Å². The number of allylic oxidation sites excluding steroid dienone is 3. The second-order valence-electron chi connectivity index (χ2n) is 18.0. The molecule has 3 N–H and O–H groups in total. The quantitative estimate of drug-likeness (QED) is 0.0932. The number of carbonyl (C=O) groups excluding carboxylic acids is 3. The molecule has 0 aromatic rings. The highest BCUT2D eigenvalue weighted by Crippen LogP contribution is 2.39. The van der Waals surface area contributed by atoms with E-state index in [1.807, 2.05) is 27.7 Å². The molecule has 1 saturated carbocycles. The summed E-state index contributed by atoms with van der Waals surface area (Å²) < 4.78 is 24.5. The first-order chi connectivity index (χ1) is 27.4. The standard InChI is InChI=1S/C45H73N3O10/c1-11-33-21-27(4)20-28(5)22-38(55-9)41-39(56-10)24-30(7)45(54,58-41)42(51)43(52)48-19-13-12-14-36(48)44(53)57-40(29(6)23-32-15-17-34(49)18-16-32)31(8)37(50)25-35(33)47-46-26(2)3/h21,23,28,30-34,36-41,49-50,54H,11-20,22,24-25H2,1-10H3/b27-21+,29-23+,47-35-/t28-,30+,31+,32?,33+,34?,36-,37-,38-,39-,40+,41+,45+/m0/s1. The minimum Gasteiger partial charge on any atom is -0.456 e. The average Bonchev–Trinajstić information content (AvgIpc) is 3.19. The van der Waals surface area contributed by atoms with E-state index in [2.05, 4.69) is 43.1 Å². The fourth-order valence-electron chi connectivity index (χ4n) is 9.41. The zero-order chi connectivity index (χ0) is 42.9. The lowest BCUT2D eigenvalue weighted by Crippen LogP contribution is -2.64. The molecule has 0 radical (unpaired) electrons. The van der Waals surface area contributed by atoms with Crippen molar-refractivity contribution in [3.8, 4) is 0 Å². The van der Waals surface area contributed by atoms with E-state index in [1.54, 1.807) is 21.1 Å². The Labute approximate surface area is 346 Å². The number of rotatable bonds is 6. The van der Waals surface area contributed by atoms with Gasteiger partial charge in [0.2, 0.25) is 5.79 Å².